The Morgan fingerprint density at radius 1 is 1.12 bits per heavy atom. The van der Waals surface area contributed by atoms with Gasteiger partial charge >= 0.3 is 0 Å². The second-order valence-corrected chi connectivity index (χ2v) is 6.22. The molecule has 132 valence electrons. The van der Waals surface area contributed by atoms with Gasteiger partial charge in [0.25, 0.3) is 0 Å². The number of hydrogen-bond acceptors (Lipinski definition) is 4. The zero-order valence-corrected chi connectivity index (χ0v) is 14.8. The first-order valence-corrected chi connectivity index (χ1v) is 8.34. The smallest absolute Gasteiger partial charge is 0.242 e. The van der Waals surface area contributed by atoms with Gasteiger partial charge in [0.15, 0.2) is 0 Å². The van der Waals surface area contributed by atoms with Crippen LogP contribution in [0.15, 0.2) is 24.3 Å². The lowest BCUT2D eigenvalue weighted by atomic mass is 10.1. The quantitative estimate of drug-likeness (QED) is 0.775. The lowest BCUT2D eigenvalue weighted by molar-refractivity contribution is -0.140. The van der Waals surface area contributed by atoms with E-state index in [9.17, 15) is 9.59 Å². The lowest BCUT2D eigenvalue weighted by Gasteiger charge is -2.33. The number of carbonyl (C=O) groups is 2. The molecule has 0 radical (unpaired) electrons. The van der Waals surface area contributed by atoms with E-state index in [1.54, 1.807) is 12.0 Å². The van der Waals surface area contributed by atoms with E-state index in [0.717, 1.165) is 43.9 Å². The van der Waals surface area contributed by atoms with E-state index < -0.39 is 0 Å². The van der Waals surface area contributed by atoms with Gasteiger partial charge in [-0.2, -0.15) is 0 Å². The predicted octanol–water partition coefficient (Wildman–Crippen LogP) is 0.860. The fraction of sp³-hybridized carbons (Fsp3) is 0.556. The SMILES string of the molecule is COc1ccc(CCN(CC(=O)N2CCN(C)CC2)C(C)=O)cc1. The molecule has 0 unspecified atom stereocenters. The van der Waals surface area contributed by atoms with Crippen molar-refractivity contribution in [3.8, 4) is 5.75 Å². The van der Waals surface area contributed by atoms with Crippen LogP contribution in [0, 0.1) is 0 Å². The minimum atomic E-state index is -0.0639. The Balaban J connectivity index is 1.86. The number of ether oxygens (including phenoxy) is 1. The molecule has 0 bridgehead atoms. The number of hydrogen-bond donors (Lipinski definition) is 0. The van der Waals surface area contributed by atoms with Crippen LogP contribution in [0.5, 0.6) is 5.75 Å². The van der Waals surface area contributed by atoms with E-state index in [-0.39, 0.29) is 18.4 Å². The first-order valence-electron chi connectivity index (χ1n) is 8.34. The van der Waals surface area contributed by atoms with Gasteiger partial charge < -0.3 is 19.4 Å². The van der Waals surface area contributed by atoms with Crippen LogP contribution in [-0.4, -0.2) is 79.9 Å². The number of amides is 2. The van der Waals surface area contributed by atoms with Crippen LogP contribution in [0.1, 0.15) is 12.5 Å². The Morgan fingerprint density at radius 3 is 2.29 bits per heavy atom. The lowest BCUT2D eigenvalue weighted by Crippen LogP contribution is -2.50. The Kier molecular flexibility index (Phi) is 6.61. The van der Waals surface area contributed by atoms with E-state index in [1.165, 1.54) is 6.92 Å². The summed E-state index contributed by atoms with van der Waals surface area (Å²) in [4.78, 5) is 30.0. The number of nitrogens with zero attached hydrogens (tertiary/aromatic N) is 3. The maximum Gasteiger partial charge on any atom is 0.242 e. The maximum atomic E-state index is 12.4. The topological polar surface area (TPSA) is 53.1 Å². The predicted molar refractivity (Wildman–Crippen MR) is 93.0 cm³/mol. The second-order valence-electron chi connectivity index (χ2n) is 6.22. The monoisotopic (exact) mass is 333 g/mol. The molecule has 0 spiro atoms. The maximum absolute atomic E-state index is 12.4. The third-order valence-corrected chi connectivity index (χ3v) is 4.46. The standard InChI is InChI=1S/C18H27N3O3/c1-15(22)21(9-8-16-4-6-17(24-3)7-5-16)14-18(23)20-12-10-19(2)11-13-20/h4-7H,8-14H2,1-3H3. The van der Waals surface area contributed by atoms with Gasteiger partial charge in [0.1, 0.15) is 5.75 Å². The first kappa shape index (κ1) is 18.3. The van der Waals surface area contributed by atoms with E-state index in [2.05, 4.69) is 11.9 Å². The summed E-state index contributed by atoms with van der Waals surface area (Å²) in [5.74, 6) is 0.784. The van der Waals surface area contributed by atoms with Crippen molar-refractivity contribution in [3.63, 3.8) is 0 Å². The summed E-state index contributed by atoms with van der Waals surface area (Å²) < 4.78 is 5.14. The van der Waals surface area contributed by atoms with Crippen LogP contribution >= 0.6 is 0 Å². The number of methoxy groups -OCH3 is 1. The summed E-state index contributed by atoms with van der Waals surface area (Å²) >= 11 is 0. The molecule has 1 aromatic carbocycles. The molecule has 1 aliphatic heterocycles. The molecule has 6 heteroatoms. The Morgan fingerprint density at radius 2 is 1.75 bits per heavy atom. The first-order chi connectivity index (χ1) is 11.5. The number of piperazine rings is 1. The number of rotatable bonds is 6. The highest BCUT2D eigenvalue weighted by Crippen LogP contribution is 2.12. The van der Waals surface area contributed by atoms with E-state index >= 15 is 0 Å². The van der Waals surface area contributed by atoms with Crippen molar-refractivity contribution in [2.45, 2.75) is 13.3 Å². The molecule has 1 aliphatic rings. The highest BCUT2D eigenvalue weighted by molar-refractivity contribution is 5.84. The van der Waals surface area contributed by atoms with E-state index in [1.807, 2.05) is 29.2 Å². The average molecular weight is 333 g/mol. The average Bonchev–Trinajstić information content (AvgIpc) is 2.59. The van der Waals surface area contributed by atoms with Gasteiger partial charge in [-0.05, 0) is 31.2 Å². The van der Waals surface area contributed by atoms with Crippen molar-refractivity contribution in [2.24, 2.45) is 0 Å². The van der Waals surface area contributed by atoms with E-state index in [4.69, 9.17) is 4.74 Å². The molecule has 0 aromatic heterocycles. The molecule has 2 amide bonds. The van der Waals surface area contributed by atoms with Crippen molar-refractivity contribution in [1.29, 1.82) is 0 Å². The van der Waals surface area contributed by atoms with Gasteiger partial charge in [0.05, 0.1) is 13.7 Å². The van der Waals surface area contributed by atoms with Crippen LogP contribution in [-0.2, 0) is 16.0 Å². The van der Waals surface area contributed by atoms with Crippen LogP contribution < -0.4 is 4.74 Å². The fourth-order valence-corrected chi connectivity index (χ4v) is 2.72. The third-order valence-electron chi connectivity index (χ3n) is 4.46. The number of carbonyl (C=O) groups excluding carboxylic acids is 2. The van der Waals surface area contributed by atoms with Crippen molar-refractivity contribution in [3.05, 3.63) is 29.8 Å². The molecule has 0 aliphatic carbocycles. The van der Waals surface area contributed by atoms with Gasteiger partial charge in [-0.1, -0.05) is 12.1 Å². The molecule has 24 heavy (non-hydrogen) atoms. The highest BCUT2D eigenvalue weighted by atomic mass is 16.5. The van der Waals surface area contributed by atoms with Gasteiger partial charge in [-0.25, -0.2) is 0 Å². The van der Waals surface area contributed by atoms with Crippen molar-refractivity contribution >= 4 is 11.8 Å². The second kappa shape index (κ2) is 8.68. The van der Waals surface area contributed by atoms with Gasteiger partial charge in [-0.3, -0.25) is 9.59 Å². The molecule has 1 saturated heterocycles. The molecule has 0 saturated carbocycles. The summed E-state index contributed by atoms with van der Waals surface area (Å²) in [7, 11) is 3.69. The minimum Gasteiger partial charge on any atom is -0.497 e. The summed E-state index contributed by atoms with van der Waals surface area (Å²) in [6.45, 7) is 5.47. The molecule has 1 heterocycles. The normalized spacial score (nSPS) is 15.2. The molecule has 0 atom stereocenters. The molecule has 2 rings (SSSR count). The molecule has 1 aromatic rings. The Labute approximate surface area is 144 Å². The van der Waals surface area contributed by atoms with Crippen LogP contribution in [0.3, 0.4) is 0 Å². The molecular formula is C18H27N3O3. The highest BCUT2D eigenvalue weighted by Gasteiger charge is 2.22. The molecule has 6 nitrogen and oxygen atoms in total. The third kappa shape index (κ3) is 5.23. The summed E-state index contributed by atoms with van der Waals surface area (Å²) in [6, 6.07) is 7.78. The van der Waals surface area contributed by atoms with Crippen LogP contribution in [0.25, 0.3) is 0 Å². The Bertz CT molecular complexity index is 551. The van der Waals surface area contributed by atoms with Crippen molar-refractivity contribution in [1.82, 2.24) is 14.7 Å². The molecule has 0 N–H and O–H groups in total. The van der Waals surface area contributed by atoms with Crippen molar-refractivity contribution < 1.29 is 14.3 Å². The Hall–Kier alpha value is -2.08. The zero-order chi connectivity index (χ0) is 17.5. The number of benzene rings is 1. The minimum absolute atomic E-state index is 0.0352. The summed E-state index contributed by atoms with van der Waals surface area (Å²) in [6.07, 6.45) is 0.722. The summed E-state index contributed by atoms with van der Waals surface area (Å²) in [5.41, 5.74) is 1.12. The fourth-order valence-electron chi connectivity index (χ4n) is 2.72. The van der Waals surface area contributed by atoms with Crippen LogP contribution in [0.2, 0.25) is 0 Å². The largest absolute Gasteiger partial charge is 0.497 e. The van der Waals surface area contributed by atoms with Crippen molar-refractivity contribution in [2.75, 3.05) is 53.4 Å². The van der Waals surface area contributed by atoms with Gasteiger partial charge in [0.2, 0.25) is 11.8 Å². The number of likely N-dealkylation sites (N-methyl/N-ethyl adjacent to an activating group) is 1. The van der Waals surface area contributed by atoms with Crippen LogP contribution in [0.4, 0.5) is 0 Å². The van der Waals surface area contributed by atoms with Gasteiger partial charge in [-0.15, -0.1) is 0 Å². The van der Waals surface area contributed by atoms with Gasteiger partial charge in [0, 0.05) is 39.6 Å². The molecule has 1 fully saturated rings. The zero-order valence-electron chi connectivity index (χ0n) is 14.8. The summed E-state index contributed by atoms with van der Waals surface area (Å²) in [5, 5.41) is 0. The molecular weight excluding hydrogens is 306 g/mol. The van der Waals surface area contributed by atoms with E-state index in [0.29, 0.717) is 6.54 Å².